The summed E-state index contributed by atoms with van der Waals surface area (Å²) in [5.74, 6) is -0.612. The van der Waals surface area contributed by atoms with E-state index in [2.05, 4.69) is 5.32 Å². The van der Waals surface area contributed by atoms with Crippen molar-refractivity contribution in [1.29, 1.82) is 0 Å². The van der Waals surface area contributed by atoms with Gasteiger partial charge in [-0.15, -0.1) is 11.3 Å². The molecule has 0 atom stereocenters. The fraction of sp³-hybridized carbons (Fsp3) is 0.409. The zero-order valence-corrected chi connectivity index (χ0v) is 18.0. The summed E-state index contributed by atoms with van der Waals surface area (Å²) in [5, 5.41) is 3.16. The normalized spacial score (nSPS) is 14.7. The molecule has 9 heteroatoms. The number of aryl methyl sites for hydroxylation is 1. The largest absolute Gasteiger partial charge is 0.486 e. The van der Waals surface area contributed by atoms with Crippen molar-refractivity contribution in [3.8, 4) is 11.5 Å². The lowest BCUT2D eigenvalue weighted by Crippen LogP contribution is -2.22. The third-order valence-corrected chi connectivity index (χ3v) is 6.38. The van der Waals surface area contributed by atoms with Crippen molar-refractivity contribution < 1.29 is 33.3 Å². The van der Waals surface area contributed by atoms with E-state index in [4.69, 9.17) is 18.9 Å². The third-order valence-electron chi connectivity index (χ3n) is 5.18. The Morgan fingerprint density at radius 3 is 2.61 bits per heavy atom. The summed E-state index contributed by atoms with van der Waals surface area (Å²) >= 11 is 1.39. The lowest BCUT2D eigenvalue weighted by Gasteiger charge is -2.18. The number of carbonyl (C=O) groups excluding carboxylic acids is 3. The maximum absolute atomic E-state index is 12.4. The first-order valence-corrected chi connectivity index (χ1v) is 11.0. The van der Waals surface area contributed by atoms with Crippen LogP contribution in [0.25, 0.3) is 0 Å². The number of thiophene rings is 1. The van der Waals surface area contributed by atoms with Crippen LogP contribution in [-0.4, -0.2) is 44.8 Å². The fourth-order valence-corrected chi connectivity index (χ4v) is 4.99. The van der Waals surface area contributed by atoms with Crippen LogP contribution in [0, 0.1) is 0 Å². The molecule has 0 saturated heterocycles. The van der Waals surface area contributed by atoms with Gasteiger partial charge in [0.05, 0.1) is 18.2 Å². The first-order valence-electron chi connectivity index (χ1n) is 10.2. The highest BCUT2D eigenvalue weighted by Crippen LogP contribution is 2.38. The van der Waals surface area contributed by atoms with Crippen LogP contribution in [0.4, 0.5) is 5.00 Å². The SMILES string of the molecule is COC(=O)c1c(NC(=O)COC(=O)c2ccc3c(c2)OCCO3)sc2c1CCCCC2. The van der Waals surface area contributed by atoms with Gasteiger partial charge in [-0.05, 0) is 49.4 Å². The van der Waals surface area contributed by atoms with E-state index in [1.165, 1.54) is 24.5 Å². The minimum atomic E-state index is -0.651. The molecule has 1 aromatic heterocycles. The second-order valence-corrected chi connectivity index (χ2v) is 8.35. The molecule has 4 rings (SSSR count). The molecule has 31 heavy (non-hydrogen) atoms. The van der Waals surface area contributed by atoms with Crippen LogP contribution >= 0.6 is 11.3 Å². The van der Waals surface area contributed by atoms with E-state index >= 15 is 0 Å². The molecule has 1 N–H and O–H groups in total. The van der Waals surface area contributed by atoms with Crippen LogP contribution in [-0.2, 0) is 27.1 Å². The Morgan fingerprint density at radius 1 is 1.03 bits per heavy atom. The van der Waals surface area contributed by atoms with Gasteiger partial charge in [-0.3, -0.25) is 4.79 Å². The number of amides is 1. The maximum atomic E-state index is 12.4. The summed E-state index contributed by atoms with van der Waals surface area (Å²) in [6, 6.07) is 4.71. The van der Waals surface area contributed by atoms with Crippen molar-refractivity contribution >= 4 is 34.2 Å². The number of benzene rings is 1. The van der Waals surface area contributed by atoms with E-state index in [-0.39, 0.29) is 5.56 Å². The lowest BCUT2D eigenvalue weighted by atomic mass is 10.1. The van der Waals surface area contributed by atoms with Gasteiger partial charge in [0.15, 0.2) is 18.1 Å². The van der Waals surface area contributed by atoms with Crippen LogP contribution < -0.4 is 14.8 Å². The van der Waals surface area contributed by atoms with Crippen molar-refractivity contribution in [2.75, 3.05) is 32.2 Å². The van der Waals surface area contributed by atoms with Crippen LogP contribution in [0.3, 0.4) is 0 Å². The number of carbonyl (C=O) groups is 3. The van der Waals surface area contributed by atoms with Crippen molar-refractivity contribution in [2.45, 2.75) is 32.1 Å². The number of anilines is 1. The number of rotatable bonds is 5. The summed E-state index contributed by atoms with van der Waals surface area (Å²) in [4.78, 5) is 38.2. The second-order valence-electron chi connectivity index (χ2n) is 7.24. The van der Waals surface area contributed by atoms with Gasteiger partial charge in [0.2, 0.25) is 0 Å². The summed E-state index contributed by atoms with van der Waals surface area (Å²) < 4.78 is 21.0. The second kappa shape index (κ2) is 9.38. The van der Waals surface area contributed by atoms with Gasteiger partial charge in [-0.25, -0.2) is 9.59 Å². The number of hydrogen-bond acceptors (Lipinski definition) is 8. The molecule has 2 heterocycles. The summed E-state index contributed by atoms with van der Waals surface area (Å²) in [7, 11) is 1.32. The Labute approximate surface area is 183 Å². The zero-order chi connectivity index (χ0) is 21.8. The summed E-state index contributed by atoms with van der Waals surface area (Å²) in [6.07, 6.45) is 4.81. The molecule has 0 spiro atoms. The Bertz CT molecular complexity index is 1010. The van der Waals surface area contributed by atoms with Gasteiger partial charge in [-0.1, -0.05) is 6.42 Å². The van der Waals surface area contributed by atoms with Crippen LogP contribution in [0.1, 0.15) is 50.4 Å². The van der Waals surface area contributed by atoms with Crippen molar-refractivity contribution in [1.82, 2.24) is 0 Å². The fourth-order valence-electron chi connectivity index (χ4n) is 3.70. The van der Waals surface area contributed by atoms with Gasteiger partial charge in [0, 0.05) is 4.88 Å². The van der Waals surface area contributed by atoms with Crippen molar-refractivity contribution in [2.24, 2.45) is 0 Å². The number of fused-ring (bicyclic) bond motifs is 2. The standard InChI is InChI=1S/C22H23NO7S/c1-27-22(26)19-14-5-3-2-4-6-17(14)31-20(19)23-18(24)12-30-21(25)13-7-8-15-16(11-13)29-10-9-28-15/h7-8,11H,2-6,9-10,12H2,1H3,(H,23,24). The molecule has 1 aliphatic heterocycles. The molecule has 2 aromatic rings. The molecule has 0 unspecified atom stereocenters. The number of hydrogen-bond donors (Lipinski definition) is 1. The molecule has 0 saturated carbocycles. The van der Waals surface area contributed by atoms with Gasteiger partial charge in [0.1, 0.15) is 18.2 Å². The Kier molecular flexibility index (Phi) is 6.41. The van der Waals surface area contributed by atoms with Crippen molar-refractivity contribution in [3.63, 3.8) is 0 Å². The highest BCUT2D eigenvalue weighted by Gasteiger charge is 2.26. The van der Waals surface area contributed by atoms with Crippen molar-refractivity contribution in [3.05, 3.63) is 39.8 Å². The minimum Gasteiger partial charge on any atom is -0.486 e. The molecular formula is C22H23NO7S. The van der Waals surface area contributed by atoms with Crippen LogP contribution in [0.5, 0.6) is 11.5 Å². The van der Waals surface area contributed by atoms with Gasteiger partial charge >= 0.3 is 11.9 Å². The molecule has 2 aliphatic rings. The molecule has 1 amide bonds. The average Bonchev–Trinajstić information content (AvgIpc) is 2.96. The van der Waals surface area contributed by atoms with E-state index in [0.717, 1.165) is 42.5 Å². The molecule has 0 bridgehead atoms. The molecule has 1 aliphatic carbocycles. The minimum absolute atomic E-state index is 0.259. The molecule has 1 aromatic carbocycles. The van der Waals surface area contributed by atoms with E-state index in [9.17, 15) is 14.4 Å². The molecule has 0 fully saturated rings. The highest BCUT2D eigenvalue weighted by molar-refractivity contribution is 7.17. The van der Waals surface area contributed by atoms with Crippen LogP contribution in [0.15, 0.2) is 18.2 Å². The lowest BCUT2D eigenvalue weighted by molar-refractivity contribution is -0.119. The summed E-state index contributed by atoms with van der Waals surface area (Å²) in [5.41, 5.74) is 1.63. The van der Waals surface area contributed by atoms with Crippen LogP contribution in [0.2, 0.25) is 0 Å². The first-order chi connectivity index (χ1) is 15.1. The number of methoxy groups -OCH3 is 1. The van der Waals surface area contributed by atoms with E-state index in [1.54, 1.807) is 12.1 Å². The Hall–Kier alpha value is -3.07. The number of esters is 2. The molecule has 0 radical (unpaired) electrons. The Morgan fingerprint density at radius 2 is 1.81 bits per heavy atom. The van der Waals surface area contributed by atoms with E-state index in [0.29, 0.717) is 35.3 Å². The predicted octanol–water partition coefficient (Wildman–Crippen LogP) is 3.37. The number of nitrogens with one attached hydrogen (secondary N) is 1. The van der Waals surface area contributed by atoms with E-state index in [1.807, 2.05) is 0 Å². The monoisotopic (exact) mass is 445 g/mol. The quantitative estimate of drug-likeness (QED) is 0.556. The molecule has 8 nitrogen and oxygen atoms in total. The predicted molar refractivity (Wildman–Crippen MR) is 113 cm³/mol. The highest BCUT2D eigenvalue weighted by atomic mass is 32.1. The Balaban J connectivity index is 1.42. The maximum Gasteiger partial charge on any atom is 0.341 e. The van der Waals surface area contributed by atoms with Gasteiger partial charge < -0.3 is 24.3 Å². The molecule has 164 valence electrons. The number of ether oxygens (including phenoxy) is 4. The summed E-state index contributed by atoms with van der Waals surface area (Å²) in [6.45, 7) is 0.383. The topological polar surface area (TPSA) is 100 Å². The third kappa shape index (κ3) is 4.66. The van der Waals surface area contributed by atoms with E-state index < -0.39 is 24.5 Å². The average molecular weight is 445 g/mol. The van der Waals surface area contributed by atoms with Gasteiger partial charge in [-0.2, -0.15) is 0 Å². The molecular weight excluding hydrogens is 422 g/mol. The van der Waals surface area contributed by atoms with Gasteiger partial charge in [0.25, 0.3) is 5.91 Å². The zero-order valence-electron chi connectivity index (χ0n) is 17.2. The first kappa shape index (κ1) is 21.2. The smallest absolute Gasteiger partial charge is 0.341 e.